The van der Waals surface area contributed by atoms with Crippen molar-refractivity contribution in [2.45, 2.75) is 51.4 Å². The molecule has 3 aromatic rings. The average molecular weight is 450 g/mol. The highest BCUT2D eigenvalue weighted by atomic mass is 32.2. The van der Waals surface area contributed by atoms with Crippen LogP contribution in [0.3, 0.4) is 0 Å². The molecule has 2 aromatic carbocycles. The minimum absolute atomic E-state index is 0.148. The Hall–Kier alpha value is -3.13. The van der Waals surface area contributed by atoms with Crippen LogP contribution in [0.2, 0.25) is 0 Å². The van der Waals surface area contributed by atoms with Crippen molar-refractivity contribution in [3.8, 4) is 11.4 Å². The number of anilines is 2. The van der Waals surface area contributed by atoms with Gasteiger partial charge in [0.15, 0.2) is 11.0 Å². The largest absolute Gasteiger partial charge is 0.322 e. The molecule has 0 aliphatic carbocycles. The third-order valence-electron chi connectivity index (χ3n) is 5.52. The highest BCUT2D eigenvalue weighted by Gasteiger charge is 2.43. The number of carbonyl (C=O) groups is 2. The van der Waals surface area contributed by atoms with Gasteiger partial charge in [0, 0.05) is 12.1 Å². The molecule has 0 radical (unpaired) electrons. The molecule has 1 aliphatic heterocycles. The van der Waals surface area contributed by atoms with Crippen LogP contribution < -0.4 is 10.2 Å². The van der Waals surface area contributed by atoms with Crippen molar-refractivity contribution < 1.29 is 9.59 Å². The van der Waals surface area contributed by atoms with Crippen LogP contribution in [0, 0.1) is 6.92 Å². The van der Waals surface area contributed by atoms with Crippen LogP contribution in [-0.2, 0) is 16.1 Å². The molecule has 2 amide bonds. The molecule has 1 N–H and O–H groups in total. The second-order valence-corrected chi connectivity index (χ2v) is 9.32. The van der Waals surface area contributed by atoms with Crippen molar-refractivity contribution in [3.05, 3.63) is 54.1 Å². The van der Waals surface area contributed by atoms with Gasteiger partial charge in [-0.25, -0.2) is 0 Å². The van der Waals surface area contributed by atoms with E-state index in [1.54, 1.807) is 18.7 Å². The second kappa shape index (κ2) is 8.78. The van der Waals surface area contributed by atoms with Crippen LogP contribution in [0.25, 0.3) is 11.4 Å². The van der Waals surface area contributed by atoms with E-state index >= 15 is 0 Å². The third-order valence-corrected chi connectivity index (χ3v) is 6.47. The van der Waals surface area contributed by atoms with Gasteiger partial charge in [-0.1, -0.05) is 54.6 Å². The number of para-hydroxylation sites is 2. The zero-order chi connectivity index (χ0) is 22.9. The zero-order valence-corrected chi connectivity index (χ0v) is 19.6. The molecule has 8 heteroatoms. The molecular formula is C24H27N5O2S. The number of rotatable bonds is 6. The average Bonchev–Trinajstić information content (AvgIpc) is 3.15. The first-order valence-electron chi connectivity index (χ1n) is 10.7. The highest BCUT2D eigenvalue weighted by molar-refractivity contribution is 7.99. The standard InChI is InChI=1S/C24H27N5O2S/c1-5-13-28-21(17-10-8-9-16(2)14-17)26-27-23(28)32-15-20(30)29-19-12-7-6-11-18(19)25-22(31)24(29,3)4/h6-12,14H,5,13,15H2,1-4H3,(H,25,31). The number of nitrogens with one attached hydrogen (secondary N) is 1. The molecule has 166 valence electrons. The van der Waals surface area contributed by atoms with E-state index in [0.29, 0.717) is 16.5 Å². The molecule has 0 unspecified atom stereocenters. The Morgan fingerprint density at radius 2 is 1.91 bits per heavy atom. The summed E-state index contributed by atoms with van der Waals surface area (Å²) in [5.41, 5.74) is 2.52. The van der Waals surface area contributed by atoms with Gasteiger partial charge >= 0.3 is 0 Å². The summed E-state index contributed by atoms with van der Waals surface area (Å²) in [6.45, 7) is 8.43. The van der Waals surface area contributed by atoms with E-state index in [1.165, 1.54) is 11.8 Å². The minimum Gasteiger partial charge on any atom is -0.322 e. The van der Waals surface area contributed by atoms with E-state index < -0.39 is 5.54 Å². The predicted molar refractivity (Wildman–Crippen MR) is 128 cm³/mol. The Kier molecular flexibility index (Phi) is 6.06. The first-order valence-corrected chi connectivity index (χ1v) is 11.7. The van der Waals surface area contributed by atoms with Crippen molar-refractivity contribution in [1.82, 2.24) is 14.8 Å². The predicted octanol–water partition coefficient (Wildman–Crippen LogP) is 4.52. The van der Waals surface area contributed by atoms with Gasteiger partial charge in [0.25, 0.3) is 0 Å². The number of aromatic nitrogens is 3. The van der Waals surface area contributed by atoms with Gasteiger partial charge in [-0.15, -0.1) is 10.2 Å². The fraction of sp³-hybridized carbons (Fsp3) is 0.333. The van der Waals surface area contributed by atoms with Crippen LogP contribution >= 0.6 is 11.8 Å². The Bertz CT molecular complexity index is 1170. The van der Waals surface area contributed by atoms with Crippen molar-refractivity contribution in [2.24, 2.45) is 0 Å². The Balaban J connectivity index is 1.60. The number of thioether (sulfide) groups is 1. The molecule has 2 heterocycles. The van der Waals surface area contributed by atoms with E-state index in [9.17, 15) is 9.59 Å². The number of carbonyl (C=O) groups excluding carboxylic acids is 2. The summed E-state index contributed by atoms with van der Waals surface area (Å²) in [4.78, 5) is 27.6. The second-order valence-electron chi connectivity index (χ2n) is 8.38. The number of amides is 2. The molecule has 0 atom stereocenters. The Morgan fingerprint density at radius 1 is 1.12 bits per heavy atom. The summed E-state index contributed by atoms with van der Waals surface area (Å²) in [7, 11) is 0. The van der Waals surface area contributed by atoms with Gasteiger partial charge in [-0.3, -0.25) is 14.5 Å². The lowest BCUT2D eigenvalue weighted by molar-refractivity contribution is -0.125. The lowest BCUT2D eigenvalue weighted by Crippen LogP contribution is -2.59. The maximum absolute atomic E-state index is 13.4. The normalized spacial score (nSPS) is 14.8. The maximum Gasteiger partial charge on any atom is 0.250 e. The molecular weight excluding hydrogens is 422 g/mol. The summed E-state index contributed by atoms with van der Waals surface area (Å²) >= 11 is 1.35. The van der Waals surface area contributed by atoms with Crippen molar-refractivity contribution in [1.29, 1.82) is 0 Å². The Labute approximate surface area is 192 Å². The van der Waals surface area contributed by atoms with Gasteiger partial charge in [-0.05, 0) is 45.4 Å². The SMILES string of the molecule is CCCn1c(SCC(=O)N2c3ccccc3NC(=O)C2(C)C)nnc1-c1cccc(C)c1. The van der Waals surface area contributed by atoms with Crippen LogP contribution in [-0.4, -0.2) is 37.9 Å². The number of nitrogens with zero attached hydrogens (tertiary/aromatic N) is 4. The lowest BCUT2D eigenvalue weighted by atomic mass is 9.96. The molecule has 0 fully saturated rings. The summed E-state index contributed by atoms with van der Waals surface area (Å²) in [5.74, 6) is 0.602. The van der Waals surface area contributed by atoms with Crippen LogP contribution in [0.15, 0.2) is 53.7 Å². The van der Waals surface area contributed by atoms with Gasteiger partial charge in [-0.2, -0.15) is 0 Å². The molecule has 1 aliphatic rings. The van der Waals surface area contributed by atoms with Gasteiger partial charge in [0.05, 0.1) is 17.1 Å². The third kappa shape index (κ3) is 4.02. The van der Waals surface area contributed by atoms with Crippen LogP contribution in [0.5, 0.6) is 0 Å². The van der Waals surface area contributed by atoms with Crippen molar-refractivity contribution in [2.75, 3.05) is 16.0 Å². The number of hydrogen-bond acceptors (Lipinski definition) is 5. The molecule has 7 nitrogen and oxygen atoms in total. The smallest absolute Gasteiger partial charge is 0.250 e. The molecule has 0 saturated carbocycles. The molecule has 4 rings (SSSR count). The highest BCUT2D eigenvalue weighted by Crippen LogP contribution is 2.37. The van der Waals surface area contributed by atoms with E-state index in [0.717, 1.165) is 29.9 Å². The van der Waals surface area contributed by atoms with E-state index in [2.05, 4.69) is 33.1 Å². The number of fused-ring (bicyclic) bond motifs is 1. The van der Waals surface area contributed by atoms with Crippen LogP contribution in [0.1, 0.15) is 32.8 Å². The van der Waals surface area contributed by atoms with Gasteiger partial charge < -0.3 is 9.88 Å². The van der Waals surface area contributed by atoms with Crippen molar-refractivity contribution >= 4 is 35.0 Å². The number of hydrogen-bond donors (Lipinski definition) is 1. The molecule has 0 spiro atoms. The minimum atomic E-state index is -0.990. The fourth-order valence-electron chi connectivity index (χ4n) is 3.91. The summed E-state index contributed by atoms with van der Waals surface area (Å²) in [6, 6.07) is 15.5. The van der Waals surface area contributed by atoms with E-state index in [-0.39, 0.29) is 17.6 Å². The van der Waals surface area contributed by atoms with Gasteiger partial charge in [0.1, 0.15) is 5.54 Å². The molecule has 32 heavy (non-hydrogen) atoms. The first kappa shape index (κ1) is 22.1. The number of aryl methyl sites for hydroxylation is 1. The maximum atomic E-state index is 13.4. The van der Waals surface area contributed by atoms with Crippen LogP contribution in [0.4, 0.5) is 11.4 Å². The number of benzene rings is 2. The summed E-state index contributed by atoms with van der Waals surface area (Å²) in [6.07, 6.45) is 0.922. The molecule has 0 bridgehead atoms. The fourth-order valence-corrected chi connectivity index (χ4v) is 4.72. The lowest BCUT2D eigenvalue weighted by Gasteiger charge is -2.42. The zero-order valence-electron chi connectivity index (χ0n) is 18.8. The molecule has 1 aromatic heterocycles. The topological polar surface area (TPSA) is 80.1 Å². The summed E-state index contributed by atoms with van der Waals surface area (Å²) < 4.78 is 2.06. The molecule has 0 saturated heterocycles. The monoisotopic (exact) mass is 449 g/mol. The summed E-state index contributed by atoms with van der Waals surface area (Å²) in [5, 5.41) is 12.4. The first-order chi connectivity index (χ1) is 15.3. The van der Waals surface area contributed by atoms with Gasteiger partial charge in [0.2, 0.25) is 11.8 Å². The van der Waals surface area contributed by atoms with Crippen molar-refractivity contribution in [3.63, 3.8) is 0 Å². The Morgan fingerprint density at radius 3 is 2.66 bits per heavy atom. The van der Waals surface area contributed by atoms with E-state index in [4.69, 9.17) is 0 Å². The van der Waals surface area contributed by atoms with E-state index in [1.807, 2.05) is 49.4 Å². The quantitative estimate of drug-likeness (QED) is 0.560.